The average molecular weight is 223 g/mol. The fourth-order valence-corrected chi connectivity index (χ4v) is 3.90. The topological polar surface area (TPSA) is 26.0 Å². The molecule has 2 rings (SSSR count). The molecule has 16 heavy (non-hydrogen) atoms. The van der Waals surface area contributed by atoms with E-state index in [1.54, 1.807) is 0 Å². The van der Waals surface area contributed by atoms with Crippen LogP contribution in [0.15, 0.2) is 0 Å². The lowest BCUT2D eigenvalue weighted by molar-refractivity contribution is 0.123. The van der Waals surface area contributed by atoms with Crippen LogP contribution < -0.4 is 5.73 Å². The number of rotatable bonds is 2. The van der Waals surface area contributed by atoms with Gasteiger partial charge in [-0.15, -0.1) is 0 Å². The molecule has 1 heteroatoms. The van der Waals surface area contributed by atoms with Gasteiger partial charge in [0.1, 0.15) is 0 Å². The van der Waals surface area contributed by atoms with Crippen molar-refractivity contribution in [3.8, 4) is 0 Å². The van der Waals surface area contributed by atoms with Gasteiger partial charge in [-0.2, -0.15) is 0 Å². The van der Waals surface area contributed by atoms with Gasteiger partial charge in [0.05, 0.1) is 0 Å². The largest absolute Gasteiger partial charge is 0.327 e. The Morgan fingerprint density at radius 2 is 1.62 bits per heavy atom. The summed E-state index contributed by atoms with van der Waals surface area (Å²) in [5, 5.41) is 0. The van der Waals surface area contributed by atoms with E-state index < -0.39 is 0 Å². The maximum absolute atomic E-state index is 6.21. The van der Waals surface area contributed by atoms with E-state index in [0.717, 1.165) is 11.8 Å². The minimum absolute atomic E-state index is 0.386. The molecule has 2 unspecified atom stereocenters. The second-order valence-electron chi connectivity index (χ2n) is 6.98. The van der Waals surface area contributed by atoms with E-state index in [1.807, 2.05) is 0 Å². The van der Waals surface area contributed by atoms with Crippen molar-refractivity contribution in [2.75, 3.05) is 0 Å². The highest BCUT2D eigenvalue weighted by Gasteiger charge is 2.35. The summed E-state index contributed by atoms with van der Waals surface area (Å²) >= 11 is 0. The van der Waals surface area contributed by atoms with Gasteiger partial charge in [-0.25, -0.2) is 0 Å². The number of hydrogen-bond acceptors (Lipinski definition) is 1. The molecular formula is C15H29N. The van der Waals surface area contributed by atoms with Crippen LogP contribution in [-0.4, -0.2) is 6.04 Å². The molecule has 2 saturated carbocycles. The highest BCUT2D eigenvalue weighted by molar-refractivity contribution is 4.89. The van der Waals surface area contributed by atoms with E-state index in [0.29, 0.717) is 11.5 Å². The van der Waals surface area contributed by atoms with Gasteiger partial charge < -0.3 is 5.73 Å². The molecular weight excluding hydrogens is 194 g/mol. The lowest BCUT2D eigenvalue weighted by Gasteiger charge is -2.42. The van der Waals surface area contributed by atoms with Crippen molar-refractivity contribution in [3.63, 3.8) is 0 Å². The molecule has 0 saturated heterocycles. The van der Waals surface area contributed by atoms with Gasteiger partial charge in [0.25, 0.3) is 0 Å². The van der Waals surface area contributed by atoms with Crippen molar-refractivity contribution < 1.29 is 0 Å². The Balaban J connectivity index is 1.81. The minimum atomic E-state index is 0.386. The summed E-state index contributed by atoms with van der Waals surface area (Å²) in [6.45, 7) is 4.73. The van der Waals surface area contributed by atoms with Crippen LogP contribution in [0.1, 0.15) is 71.6 Å². The Bertz CT molecular complexity index is 215. The van der Waals surface area contributed by atoms with Crippen molar-refractivity contribution >= 4 is 0 Å². The van der Waals surface area contributed by atoms with Gasteiger partial charge in [-0.05, 0) is 42.9 Å². The smallest absolute Gasteiger partial charge is 0.00904 e. The summed E-state index contributed by atoms with van der Waals surface area (Å²) in [4.78, 5) is 0. The van der Waals surface area contributed by atoms with Crippen molar-refractivity contribution in [2.24, 2.45) is 23.0 Å². The first kappa shape index (κ1) is 12.4. The molecule has 0 aromatic rings. The molecule has 1 nitrogen and oxygen atoms in total. The average Bonchev–Trinajstić information content (AvgIpc) is 2.25. The molecule has 2 aliphatic rings. The molecule has 0 bridgehead atoms. The molecule has 2 N–H and O–H groups in total. The van der Waals surface area contributed by atoms with Gasteiger partial charge in [-0.1, -0.05) is 46.0 Å². The van der Waals surface area contributed by atoms with Gasteiger partial charge in [0.15, 0.2) is 0 Å². The summed E-state index contributed by atoms with van der Waals surface area (Å²) in [5.41, 5.74) is 6.59. The Kier molecular flexibility index (Phi) is 3.94. The van der Waals surface area contributed by atoms with Crippen LogP contribution in [0.3, 0.4) is 0 Å². The molecule has 0 amide bonds. The van der Waals surface area contributed by atoms with Crippen molar-refractivity contribution in [1.29, 1.82) is 0 Å². The molecule has 0 radical (unpaired) electrons. The quantitative estimate of drug-likeness (QED) is 0.749. The van der Waals surface area contributed by atoms with E-state index in [-0.39, 0.29) is 0 Å². The maximum Gasteiger partial charge on any atom is 0.00904 e. The van der Waals surface area contributed by atoms with Crippen LogP contribution in [0.5, 0.6) is 0 Å². The van der Waals surface area contributed by atoms with Gasteiger partial charge in [-0.3, -0.25) is 0 Å². The first-order valence-electron chi connectivity index (χ1n) is 7.33. The maximum atomic E-state index is 6.21. The van der Waals surface area contributed by atoms with Crippen molar-refractivity contribution in [3.05, 3.63) is 0 Å². The lowest BCUT2D eigenvalue weighted by Crippen LogP contribution is -2.42. The molecule has 94 valence electrons. The van der Waals surface area contributed by atoms with Crippen LogP contribution in [-0.2, 0) is 0 Å². The Morgan fingerprint density at radius 3 is 2.25 bits per heavy atom. The molecule has 0 aromatic heterocycles. The monoisotopic (exact) mass is 223 g/mol. The minimum Gasteiger partial charge on any atom is -0.327 e. The Morgan fingerprint density at radius 1 is 0.938 bits per heavy atom. The molecule has 0 spiro atoms. The molecule has 0 aromatic carbocycles. The van der Waals surface area contributed by atoms with Gasteiger partial charge >= 0.3 is 0 Å². The van der Waals surface area contributed by atoms with E-state index in [2.05, 4.69) is 13.8 Å². The zero-order valence-electron chi connectivity index (χ0n) is 11.2. The highest BCUT2D eigenvalue weighted by atomic mass is 14.7. The number of hydrogen-bond donors (Lipinski definition) is 1. The Labute approximate surface area is 101 Å². The van der Waals surface area contributed by atoms with Crippen molar-refractivity contribution in [2.45, 2.75) is 77.7 Å². The Hall–Kier alpha value is -0.0400. The summed E-state index contributed by atoms with van der Waals surface area (Å²) in [5.74, 6) is 2.02. The second kappa shape index (κ2) is 5.08. The van der Waals surface area contributed by atoms with Crippen LogP contribution >= 0.6 is 0 Å². The van der Waals surface area contributed by atoms with Crippen LogP contribution in [0.4, 0.5) is 0 Å². The van der Waals surface area contributed by atoms with E-state index in [4.69, 9.17) is 5.73 Å². The second-order valence-corrected chi connectivity index (χ2v) is 6.98. The highest BCUT2D eigenvalue weighted by Crippen LogP contribution is 2.42. The van der Waals surface area contributed by atoms with E-state index in [9.17, 15) is 0 Å². The predicted molar refractivity (Wildman–Crippen MR) is 70.3 cm³/mol. The van der Waals surface area contributed by atoms with E-state index >= 15 is 0 Å². The van der Waals surface area contributed by atoms with E-state index in [1.165, 1.54) is 57.8 Å². The number of nitrogens with two attached hydrogens (primary N) is 1. The summed E-state index contributed by atoms with van der Waals surface area (Å²) < 4.78 is 0. The standard InChI is InChI=1S/C15H29N/c1-15(2)11-13(8-9-14(15)16)10-12-6-4-3-5-7-12/h12-14H,3-11,16H2,1-2H3. The fraction of sp³-hybridized carbons (Fsp3) is 1.00. The zero-order chi connectivity index (χ0) is 11.6. The molecule has 0 heterocycles. The predicted octanol–water partition coefficient (Wildman–Crippen LogP) is 4.11. The third-order valence-electron chi connectivity index (χ3n) is 5.10. The SMILES string of the molecule is CC1(C)CC(CC2CCCCC2)CCC1N. The van der Waals surface area contributed by atoms with Crippen LogP contribution in [0.25, 0.3) is 0 Å². The summed E-state index contributed by atoms with van der Waals surface area (Å²) in [6, 6.07) is 0.440. The van der Waals surface area contributed by atoms with Crippen LogP contribution in [0.2, 0.25) is 0 Å². The van der Waals surface area contributed by atoms with Gasteiger partial charge in [0.2, 0.25) is 0 Å². The fourth-order valence-electron chi connectivity index (χ4n) is 3.90. The van der Waals surface area contributed by atoms with Crippen molar-refractivity contribution in [1.82, 2.24) is 0 Å². The molecule has 2 aliphatic carbocycles. The first-order valence-corrected chi connectivity index (χ1v) is 7.33. The molecule has 2 atom stereocenters. The molecule has 2 fully saturated rings. The first-order chi connectivity index (χ1) is 7.58. The normalized spacial score (nSPS) is 36.2. The van der Waals surface area contributed by atoms with Gasteiger partial charge in [0, 0.05) is 6.04 Å². The van der Waals surface area contributed by atoms with Crippen LogP contribution in [0, 0.1) is 17.3 Å². The third kappa shape index (κ3) is 3.00. The summed E-state index contributed by atoms with van der Waals surface area (Å²) in [7, 11) is 0. The third-order valence-corrected chi connectivity index (χ3v) is 5.10. The zero-order valence-corrected chi connectivity index (χ0v) is 11.2. The lowest BCUT2D eigenvalue weighted by atomic mass is 9.66. The molecule has 0 aliphatic heterocycles. The summed E-state index contributed by atoms with van der Waals surface area (Å²) in [6.07, 6.45) is 13.0.